The van der Waals surface area contributed by atoms with E-state index in [4.69, 9.17) is 0 Å². The summed E-state index contributed by atoms with van der Waals surface area (Å²) in [6, 6.07) is 6.99. The van der Waals surface area contributed by atoms with Gasteiger partial charge in [0.2, 0.25) is 0 Å². The number of hydrogen-bond donors (Lipinski definition) is 0. The number of carbonyl (C=O) groups is 2. The lowest BCUT2D eigenvalue weighted by atomic mass is 10.1. The number of carbonyl (C=O) groups excluding carboxylic acids is 2. The van der Waals surface area contributed by atoms with Crippen molar-refractivity contribution in [3.63, 3.8) is 0 Å². The second kappa shape index (κ2) is 6.58. The zero-order valence-electron chi connectivity index (χ0n) is 12.1. The largest absolute Gasteiger partial charge is 0.274 e. The Labute approximate surface area is 136 Å². The monoisotopic (exact) mass is 333 g/mol. The maximum absolute atomic E-state index is 12.2. The molecule has 0 fully saturated rings. The highest BCUT2D eigenvalue weighted by molar-refractivity contribution is 8.01. The average molecular weight is 333 g/mol. The Morgan fingerprint density at radius 2 is 1.77 bits per heavy atom. The zero-order valence-corrected chi connectivity index (χ0v) is 13.7. The van der Waals surface area contributed by atoms with E-state index >= 15 is 0 Å². The van der Waals surface area contributed by atoms with Crippen LogP contribution in [0.5, 0.6) is 0 Å². The second-order valence-electron chi connectivity index (χ2n) is 4.95. The molecule has 0 atom stereocenters. The predicted molar refractivity (Wildman–Crippen MR) is 86.4 cm³/mol. The number of aryl methyl sites for hydroxylation is 1. The van der Waals surface area contributed by atoms with Crippen LogP contribution < -0.4 is 0 Å². The van der Waals surface area contributed by atoms with Crippen LogP contribution in [0.2, 0.25) is 0 Å². The highest BCUT2D eigenvalue weighted by Crippen LogP contribution is 2.24. The molecule has 2 amide bonds. The highest BCUT2D eigenvalue weighted by Gasteiger charge is 2.34. The molecule has 3 rings (SSSR count). The Morgan fingerprint density at radius 1 is 1.09 bits per heavy atom. The summed E-state index contributed by atoms with van der Waals surface area (Å²) < 4.78 is 0.971. The molecular formula is C15H15N3O2S2. The molecule has 0 radical (unpaired) electrons. The molecule has 7 heteroatoms. The van der Waals surface area contributed by atoms with Crippen molar-refractivity contribution in [2.75, 3.05) is 12.3 Å². The molecule has 1 aromatic carbocycles. The van der Waals surface area contributed by atoms with Gasteiger partial charge in [-0.15, -0.1) is 10.2 Å². The molecule has 5 nitrogen and oxygen atoms in total. The molecule has 0 aliphatic carbocycles. The van der Waals surface area contributed by atoms with Crippen LogP contribution in [0.1, 0.15) is 38.6 Å². The Morgan fingerprint density at radius 3 is 2.36 bits per heavy atom. The van der Waals surface area contributed by atoms with Gasteiger partial charge in [0, 0.05) is 12.3 Å². The first-order valence-corrected chi connectivity index (χ1v) is 8.85. The maximum atomic E-state index is 12.2. The van der Waals surface area contributed by atoms with E-state index in [9.17, 15) is 9.59 Å². The predicted octanol–water partition coefficient (Wildman–Crippen LogP) is 3.02. The molecule has 22 heavy (non-hydrogen) atoms. The van der Waals surface area contributed by atoms with Gasteiger partial charge < -0.3 is 0 Å². The summed E-state index contributed by atoms with van der Waals surface area (Å²) in [5.41, 5.74) is 1.04. The van der Waals surface area contributed by atoms with Crippen LogP contribution in [-0.4, -0.2) is 39.2 Å². The number of unbranched alkanes of at least 4 members (excludes halogenated alkanes) is 1. The van der Waals surface area contributed by atoms with Crippen LogP contribution in [-0.2, 0) is 0 Å². The molecule has 0 saturated carbocycles. The third kappa shape index (κ3) is 3.05. The van der Waals surface area contributed by atoms with Crippen molar-refractivity contribution in [2.24, 2.45) is 0 Å². The van der Waals surface area contributed by atoms with Crippen molar-refractivity contribution >= 4 is 34.9 Å². The van der Waals surface area contributed by atoms with Gasteiger partial charge >= 0.3 is 0 Å². The van der Waals surface area contributed by atoms with Gasteiger partial charge in [0.25, 0.3) is 11.8 Å². The van der Waals surface area contributed by atoms with E-state index in [1.165, 1.54) is 4.90 Å². The minimum Gasteiger partial charge on any atom is -0.274 e. The number of amides is 2. The van der Waals surface area contributed by atoms with E-state index in [0.717, 1.165) is 27.9 Å². The second-order valence-corrected chi connectivity index (χ2v) is 7.47. The number of fused-ring (bicyclic) bond motifs is 1. The quantitative estimate of drug-likeness (QED) is 0.462. The molecule has 1 aromatic heterocycles. The van der Waals surface area contributed by atoms with Crippen LogP contribution in [0, 0.1) is 6.92 Å². The molecule has 0 bridgehead atoms. The fourth-order valence-corrected chi connectivity index (χ4v) is 4.20. The van der Waals surface area contributed by atoms with E-state index in [1.807, 2.05) is 6.92 Å². The summed E-state index contributed by atoms with van der Waals surface area (Å²) in [6.45, 7) is 2.41. The summed E-state index contributed by atoms with van der Waals surface area (Å²) in [6.07, 6.45) is 1.73. The standard InChI is InChI=1S/C15H15N3O2S2/c1-10-16-17-15(22-10)21-9-5-4-8-18-13(19)11-6-2-3-7-12(11)14(18)20/h2-3,6-7H,4-5,8-9H2,1H3. The van der Waals surface area contributed by atoms with Gasteiger partial charge in [0.15, 0.2) is 4.34 Å². The van der Waals surface area contributed by atoms with E-state index < -0.39 is 0 Å². The highest BCUT2D eigenvalue weighted by atomic mass is 32.2. The first-order chi connectivity index (χ1) is 10.7. The van der Waals surface area contributed by atoms with Gasteiger partial charge in [-0.25, -0.2) is 0 Å². The number of nitrogens with zero attached hydrogens (tertiary/aromatic N) is 3. The minimum absolute atomic E-state index is 0.173. The summed E-state index contributed by atoms with van der Waals surface area (Å²) in [5.74, 6) is 0.568. The number of benzene rings is 1. The lowest BCUT2D eigenvalue weighted by Gasteiger charge is -2.13. The van der Waals surface area contributed by atoms with Crippen molar-refractivity contribution in [3.8, 4) is 0 Å². The van der Waals surface area contributed by atoms with Crippen molar-refractivity contribution in [1.82, 2.24) is 15.1 Å². The fraction of sp³-hybridized carbons (Fsp3) is 0.333. The lowest BCUT2D eigenvalue weighted by molar-refractivity contribution is 0.0652. The van der Waals surface area contributed by atoms with E-state index in [2.05, 4.69) is 10.2 Å². The van der Waals surface area contributed by atoms with Crippen LogP contribution in [0.3, 0.4) is 0 Å². The average Bonchev–Trinajstić information content (AvgIpc) is 3.04. The number of rotatable bonds is 6. The molecule has 0 N–H and O–H groups in total. The summed E-state index contributed by atoms with van der Waals surface area (Å²) in [5, 5.41) is 8.99. The molecule has 114 valence electrons. The van der Waals surface area contributed by atoms with Gasteiger partial charge in [-0.1, -0.05) is 35.2 Å². The molecule has 0 spiro atoms. The summed E-state index contributed by atoms with van der Waals surface area (Å²) in [4.78, 5) is 25.7. The molecule has 1 aliphatic rings. The van der Waals surface area contributed by atoms with E-state index in [-0.39, 0.29) is 11.8 Å². The SMILES string of the molecule is Cc1nnc(SCCCCN2C(=O)c3ccccc3C2=O)s1. The van der Waals surface area contributed by atoms with Crippen molar-refractivity contribution in [2.45, 2.75) is 24.1 Å². The number of imide groups is 1. The first-order valence-electron chi connectivity index (χ1n) is 7.05. The van der Waals surface area contributed by atoms with Gasteiger partial charge in [0.05, 0.1) is 11.1 Å². The third-order valence-electron chi connectivity index (χ3n) is 3.39. The van der Waals surface area contributed by atoms with Crippen molar-refractivity contribution in [1.29, 1.82) is 0 Å². The number of hydrogen-bond acceptors (Lipinski definition) is 6. The Hall–Kier alpha value is -1.73. The maximum Gasteiger partial charge on any atom is 0.261 e. The molecule has 2 aromatic rings. The third-order valence-corrected chi connectivity index (χ3v) is 5.45. The molecule has 0 saturated heterocycles. The Balaban J connectivity index is 1.47. The molecule has 2 heterocycles. The van der Waals surface area contributed by atoms with Gasteiger partial charge in [-0.3, -0.25) is 14.5 Å². The topological polar surface area (TPSA) is 63.2 Å². The van der Waals surface area contributed by atoms with Crippen LogP contribution in [0.4, 0.5) is 0 Å². The van der Waals surface area contributed by atoms with Crippen molar-refractivity contribution in [3.05, 3.63) is 40.4 Å². The molecular weight excluding hydrogens is 318 g/mol. The zero-order chi connectivity index (χ0) is 15.5. The number of thioether (sulfide) groups is 1. The van der Waals surface area contributed by atoms with E-state index in [0.29, 0.717) is 17.7 Å². The van der Waals surface area contributed by atoms with Crippen molar-refractivity contribution < 1.29 is 9.59 Å². The van der Waals surface area contributed by atoms with E-state index in [1.54, 1.807) is 47.4 Å². The van der Waals surface area contributed by atoms with Gasteiger partial charge in [-0.05, 0) is 31.9 Å². The Bertz CT molecular complexity index is 679. The summed E-state index contributed by atoms with van der Waals surface area (Å²) >= 11 is 3.25. The fourth-order valence-electron chi connectivity index (χ4n) is 2.31. The normalized spacial score (nSPS) is 13.8. The number of aromatic nitrogens is 2. The van der Waals surface area contributed by atoms with Crippen LogP contribution >= 0.6 is 23.1 Å². The van der Waals surface area contributed by atoms with Crippen LogP contribution in [0.25, 0.3) is 0 Å². The van der Waals surface area contributed by atoms with Gasteiger partial charge in [-0.2, -0.15) is 0 Å². The minimum atomic E-state index is -0.173. The van der Waals surface area contributed by atoms with Gasteiger partial charge in [0.1, 0.15) is 5.01 Å². The lowest BCUT2D eigenvalue weighted by Crippen LogP contribution is -2.30. The molecule has 1 aliphatic heterocycles. The summed E-state index contributed by atoms with van der Waals surface area (Å²) in [7, 11) is 0. The molecule has 0 unspecified atom stereocenters. The smallest absolute Gasteiger partial charge is 0.261 e. The Kier molecular flexibility index (Phi) is 4.54. The first kappa shape index (κ1) is 15.2. The van der Waals surface area contributed by atoms with Crippen LogP contribution in [0.15, 0.2) is 28.6 Å².